The summed E-state index contributed by atoms with van der Waals surface area (Å²) in [5, 5.41) is 0.726. The predicted octanol–water partition coefficient (Wildman–Crippen LogP) is 5.53. The molecule has 0 aliphatic rings. The number of halogens is 1. The van der Waals surface area contributed by atoms with Gasteiger partial charge in [-0.1, -0.05) is 36.7 Å². The van der Waals surface area contributed by atoms with Crippen LogP contribution in [0.15, 0.2) is 61.1 Å². The fourth-order valence-corrected chi connectivity index (χ4v) is 3.55. The lowest BCUT2D eigenvalue weighted by Gasteiger charge is -2.23. The van der Waals surface area contributed by atoms with Gasteiger partial charge in [-0.25, -0.2) is 9.97 Å². The first-order chi connectivity index (χ1) is 14.1. The molecule has 0 unspecified atom stereocenters. The van der Waals surface area contributed by atoms with Crippen LogP contribution in [0.5, 0.6) is 5.75 Å². The van der Waals surface area contributed by atoms with Crippen LogP contribution in [0.25, 0.3) is 11.0 Å². The van der Waals surface area contributed by atoms with Crippen LogP contribution in [-0.2, 0) is 20.1 Å². The van der Waals surface area contributed by atoms with Gasteiger partial charge in [0.1, 0.15) is 23.7 Å². The molecular weight excluding hydrogens is 384 g/mol. The summed E-state index contributed by atoms with van der Waals surface area (Å²) in [5.74, 6) is 1.75. The molecule has 0 radical (unpaired) electrons. The Labute approximate surface area is 175 Å². The van der Waals surface area contributed by atoms with Crippen LogP contribution < -0.4 is 9.64 Å². The second-order valence-electron chi connectivity index (χ2n) is 6.97. The molecule has 0 amide bonds. The van der Waals surface area contributed by atoms with E-state index in [1.807, 2.05) is 61.3 Å². The zero-order valence-electron chi connectivity index (χ0n) is 16.8. The molecule has 2 heterocycles. The van der Waals surface area contributed by atoms with E-state index in [-0.39, 0.29) is 0 Å². The fraction of sp³-hybridized carbons (Fsp3) is 0.217. The summed E-state index contributed by atoms with van der Waals surface area (Å²) in [6, 6.07) is 15.9. The summed E-state index contributed by atoms with van der Waals surface area (Å²) in [6.07, 6.45) is 4.47. The SMILES string of the molecule is CCc1c(OCc2ccc(Cl)cc2)cccc1N(C)c1cc2c(cn1)ncn2C. The topological polar surface area (TPSA) is 43.2 Å². The smallest absolute Gasteiger partial charge is 0.134 e. The summed E-state index contributed by atoms with van der Waals surface area (Å²) in [6.45, 7) is 2.64. The molecule has 0 fully saturated rings. The van der Waals surface area contributed by atoms with Crippen molar-refractivity contribution in [2.75, 3.05) is 11.9 Å². The van der Waals surface area contributed by atoms with E-state index in [4.69, 9.17) is 16.3 Å². The number of pyridine rings is 1. The van der Waals surface area contributed by atoms with Gasteiger partial charge >= 0.3 is 0 Å². The van der Waals surface area contributed by atoms with Crippen LogP contribution in [0.2, 0.25) is 5.02 Å². The Morgan fingerprint density at radius 2 is 1.90 bits per heavy atom. The maximum Gasteiger partial charge on any atom is 0.134 e. The summed E-state index contributed by atoms with van der Waals surface area (Å²) in [7, 11) is 4.02. The number of aryl methyl sites for hydroxylation is 1. The largest absolute Gasteiger partial charge is 0.489 e. The first-order valence-electron chi connectivity index (χ1n) is 9.56. The summed E-state index contributed by atoms with van der Waals surface area (Å²) >= 11 is 5.97. The van der Waals surface area contributed by atoms with E-state index in [1.165, 1.54) is 0 Å². The Kier molecular flexibility index (Phi) is 5.41. The maximum absolute atomic E-state index is 6.15. The lowest BCUT2D eigenvalue weighted by molar-refractivity contribution is 0.303. The monoisotopic (exact) mass is 406 g/mol. The number of hydrogen-bond donors (Lipinski definition) is 0. The zero-order chi connectivity index (χ0) is 20.4. The van der Waals surface area contributed by atoms with Gasteiger partial charge in [0.15, 0.2) is 0 Å². The van der Waals surface area contributed by atoms with Crippen LogP contribution in [0.4, 0.5) is 11.5 Å². The van der Waals surface area contributed by atoms with Gasteiger partial charge < -0.3 is 14.2 Å². The van der Waals surface area contributed by atoms with Crippen molar-refractivity contribution in [3.05, 3.63) is 77.2 Å². The fourth-order valence-electron chi connectivity index (χ4n) is 3.43. The van der Waals surface area contributed by atoms with E-state index >= 15 is 0 Å². The van der Waals surface area contributed by atoms with Crippen molar-refractivity contribution in [1.82, 2.24) is 14.5 Å². The summed E-state index contributed by atoms with van der Waals surface area (Å²) < 4.78 is 8.15. The molecule has 148 valence electrons. The molecule has 4 aromatic rings. The third kappa shape index (κ3) is 3.91. The van der Waals surface area contributed by atoms with Crippen molar-refractivity contribution in [1.29, 1.82) is 0 Å². The predicted molar refractivity (Wildman–Crippen MR) is 118 cm³/mol. The van der Waals surface area contributed by atoms with Gasteiger partial charge in [0.2, 0.25) is 0 Å². The molecule has 6 heteroatoms. The van der Waals surface area contributed by atoms with Crippen LogP contribution >= 0.6 is 11.6 Å². The van der Waals surface area contributed by atoms with Crippen molar-refractivity contribution < 1.29 is 4.74 Å². The molecule has 0 saturated heterocycles. The Bertz CT molecular complexity index is 1140. The minimum atomic E-state index is 0.497. The number of ether oxygens (including phenoxy) is 1. The first kappa shape index (κ1) is 19.3. The third-order valence-corrected chi connectivity index (χ3v) is 5.32. The van der Waals surface area contributed by atoms with E-state index in [0.717, 1.165) is 50.9 Å². The minimum Gasteiger partial charge on any atom is -0.489 e. The third-order valence-electron chi connectivity index (χ3n) is 5.07. The van der Waals surface area contributed by atoms with Crippen LogP contribution in [-0.4, -0.2) is 21.6 Å². The van der Waals surface area contributed by atoms with Gasteiger partial charge in [-0.2, -0.15) is 0 Å². The van der Waals surface area contributed by atoms with Crippen molar-refractivity contribution in [2.24, 2.45) is 7.05 Å². The highest BCUT2D eigenvalue weighted by Crippen LogP contribution is 2.34. The van der Waals surface area contributed by atoms with Crippen molar-refractivity contribution in [3.8, 4) is 5.75 Å². The number of hydrogen-bond acceptors (Lipinski definition) is 4. The Morgan fingerprint density at radius 3 is 2.66 bits per heavy atom. The summed E-state index contributed by atoms with van der Waals surface area (Å²) in [5.41, 5.74) is 5.25. The number of benzene rings is 2. The number of fused-ring (bicyclic) bond motifs is 1. The highest BCUT2D eigenvalue weighted by atomic mass is 35.5. The lowest BCUT2D eigenvalue weighted by Crippen LogP contribution is -2.14. The van der Waals surface area contributed by atoms with Gasteiger partial charge in [-0.15, -0.1) is 0 Å². The Morgan fingerprint density at radius 1 is 1.10 bits per heavy atom. The lowest BCUT2D eigenvalue weighted by atomic mass is 10.1. The second kappa shape index (κ2) is 8.13. The van der Waals surface area contributed by atoms with E-state index < -0.39 is 0 Å². The van der Waals surface area contributed by atoms with Crippen LogP contribution in [0, 0.1) is 0 Å². The highest BCUT2D eigenvalue weighted by Gasteiger charge is 2.15. The van der Waals surface area contributed by atoms with Crippen molar-refractivity contribution in [3.63, 3.8) is 0 Å². The Balaban J connectivity index is 1.63. The molecule has 0 atom stereocenters. The second-order valence-corrected chi connectivity index (χ2v) is 7.40. The number of imidazole rings is 1. The zero-order valence-corrected chi connectivity index (χ0v) is 17.5. The molecule has 5 nitrogen and oxygen atoms in total. The quantitative estimate of drug-likeness (QED) is 0.422. The van der Waals surface area contributed by atoms with Gasteiger partial charge in [0, 0.05) is 36.4 Å². The average Bonchev–Trinajstić information content (AvgIpc) is 3.12. The van der Waals surface area contributed by atoms with Crippen LogP contribution in [0.1, 0.15) is 18.1 Å². The molecule has 0 saturated carbocycles. The molecule has 0 aliphatic carbocycles. The first-order valence-corrected chi connectivity index (χ1v) is 9.94. The molecular formula is C23H23ClN4O. The molecule has 0 spiro atoms. The maximum atomic E-state index is 6.15. The molecule has 0 aliphatic heterocycles. The van der Waals surface area contributed by atoms with E-state index in [0.29, 0.717) is 6.61 Å². The minimum absolute atomic E-state index is 0.497. The van der Waals surface area contributed by atoms with Crippen LogP contribution in [0.3, 0.4) is 0 Å². The molecule has 2 aromatic carbocycles. The Hall–Kier alpha value is -3.05. The molecule has 29 heavy (non-hydrogen) atoms. The van der Waals surface area contributed by atoms with Crippen molar-refractivity contribution in [2.45, 2.75) is 20.0 Å². The molecule has 2 aromatic heterocycles. The summed E-state index contributed by atoms with van der Waals surface area (Å²) in [4.78, 5) is 11.0. The van der Waals surface area contributed by atoms with Gasteiger partial charge in [-0.05, 0) is 36.2 Å². The van der Waals surface area contributed by atoms with E-state index in [1.54, 1.807) is 6.33 Å². The molecule has 0 bridgehead atoms. The standard InChI is InChI=1S/C23H23ClN4O/c1-4-18-20(28(3)23-12-21-19(13-25-23)26-15-27(21)2)6-5-7-22(18)29-14-16-8-10-17(24)11-9-16/h5-13,15H,4,14H2,1-3H3. The van der Waals surface area contributed by atoms with Gasteiger partial charge in [0.05, 0.1) is 18.0 Å². The molecule has 4 rings (SSSR count). The van der Waals surface area contributed by atoms with Gasteiger partial charge in [0.25, 0.3) is 0 Å². The number of anilines is 2. The van der Waals surface area contributed by atoms with Gasteiger partial charge in [-0.3, -0.25) is 0 Å². The highest BCUT2D eigenvalue weighted by molar-refractivity contribution is 6.30. The van der Waals surface area contributed by atoms with E-state index in [2.05, 4.69) is 33.9 Å². The average molecular weight is 407 g/mol. The normalized spacial score (nSPS) is 11.0. The van der Waals surface area contributed by atoms with E-state index in [9.17, 15) is 0 Å². The number of aromatic nitrogens is 3. The van der Waals surface area contributed by atoms with Crippen molar-refractivity contribution >= 4 is 34.1 Å². The number of nitrogens with zero attached hydrogens (tertiary/aromatic N) is 4. The number of rotatable bonds is 6. The molecule has 0 N–H and O–H groups in total.